The van der Waals surface area contributed by atoms with Crippen molar-refractivity contribution in [3.63, 3.8) is 0 Å². The van der Waals surface area contributed by atoms with Crippen LogP contribution in [0.2, 0.25) is 10.0 Å². The third-order valence-electron chi connectivity index (χ3n) is 4.41. The molecule has 0 heterocycles. The van der Waals surface area contributed by atoms with E-state index in [1.807, 2.05) is 0 Å². The third-order valence-corrected chi connectivity index (χ3v) is 4.96. The van der Waals surface area contributed by atoms with Gasteiger partial charge >= 0.3 is 0 Å². The Kier molecular flexibility index (Phi) is 7.29. The molecule has 3 aromatic rings. The summed E-state index contributed by atoms with van der Waals surface area (Å²) in [6, 6.07) is 16.7. The fraction of sp³-hybridized carbons (Fsp3) is 0.0909. The van der Waals surface area contributed by atoms with Crippen LogP contribution < -0.4 is 15.0 Å². The Balaban J connectivity index is 1.59. The maximum atomic E-state index is 12.6. The van der Waals surface area contributed by atoms with Gasteiger partial charge in [0.2, 0.25) is 0 Å². The number of rotatable bonds is 7. The monoisotopic (exact) mass is 473 g/mol. The molecule has 0 aliphatic carbocycles. The Hall–Kier alpha value is -3.62. The molecular formula is C22H17Cl2N3O5. The number of nitro benzene ring substituents is 1. The van der Waals surface area contributed by atoms with Crippen molar-refractivity contribution < 1.29 is 19.2 Å². The number of ether oxygens (including phenoxy) is 1. The van der Waals surface area contributed by atoms with Crippen LogP contribution in [0.25, 0.3) is 0 Å². The van der Waals surface area contributed by atoms with Crippen molar-refractivity contribution in [3.8, 4) is 5.75 Å². The molecule has 1 N–H and O–H groups in total. The van der Waals surface area contributed by atoms with Crippen molar-refractivity contribution in [2.45, 2.75) is 0 Å². The highest BCUT2D eigenvalue weighted by Gasteiger charge is 2.17. The van der Waals surface area contributed by atoms with Crippen LogP contribution in [0.5, 0.6) is 5.75 Å². The van der Waals surface area contributed by atoms with E-state index < -0.39 is 16.7 Å². The van der Waals surface area contributed by atoms with Crippen LogP contribution in [-0.2, 0) is 4.79 Å². The number of benzene rings is 3. The minimum atomic E-state index is -0.556. The van der Waals surface area contributed by atoms with Crippen LogP contribution in [0.15, 0.2) is 66.7 Å². The van der Waals surface area contributed by atoms with E-state index in [1.165, 1.54) is 35.2 Å². The van der Waals surface area contributed by atoms with Crippen LogP contribution in [-0.4, -0.2) is 30.4 Å². The molecule has 10 heteroatoms. The van der Waals surface area contributed by atoms with E-state index in [-0.39, 0.29) is 17.9 Å². The van der Waals surface area contributed by atoms with E-state index in [1.54, 1.807) is 43.4 Å². The minimum absolute atomic E-state index is 0.161. The molecule has 0 atom stereocenters. The predicted molar refractivity (Wildman–Crippen MR) is 123 cm³/mol. The third kappa shape index (κ3) is 5.75. The zero-order valence-electron chi connectivity index (χ0n) is 16.7. The van der Waals surface area contributed by atoms with Gasteiger partial charge in [-0.15, -0.1) is 0 Å². The molecular weight excluding hydrogens is 457 g/mol. The first kappa shape index (κ1) is 23.1. The SMILES string of the molecule is CN(C(=O)c1cccc([N+](=O)[O-])c1)c1ccc(OCC(=O)Nc2ccc(Cl)cc2Cl)cc1. The van der Waals surface area contributed by atoms with E-state index >= 15 is 0 Å². The van der Waals surface area contributed by atoms with Gasteiger partial charge in [-0.3, -0.25) is 19.7 Å². The number of nitrogens with zero attached hydrogens (tertiary/aromatic N) is 2. The molecule has 0 fully saturated rings. The zero-order chi connectivity index (χ0) is 23.3. The molecule has 0 unspecified atom stereocenters. The van der Waals surface area contributed by atoms with Gasteiger partial charge in [0.15, 0.2) is 6.61 Å². The first-order valence-electron chi connectivity index (χ1n) is 9.25. The van der Waals surface area contributed by atoms with Crippen LogP contribution >= 0.6 is 23.2 Å². The van der Waals surface area contributed by atoms with Crippen molar-refractivity contribution in [1.29, 1.82) is 0 Å². The van der Waals surface area contributed by atoms with Crippen LogP contribution in [0.4, 0.5) is 17.1 Å². The molecule has 0 saturated carbocycles. The fourth-order valence-corrected chi connectivity index (χ4v) is 3.21. The van der Waals surface area contributed by atoms with E-state index in [0.717, 1.165) is 0 Å². The van der Waals surface area contributed by atoms with Crippen molar-refractivity contribution in [2.75, 3.05) is 23.9 Å². The van der Waals surface area contributed by atoms with Gasteiger partial charge < -0.3 is 15.0 Å². The first-order chi connectivity index (χ1) is 15.2. The molecule has 0 radical (unpaired) electrons. The lowest BCUT2D eigenvalue weighted by Crippen LogP contribution is -2.26. The number of non-ortho nitro benzene ring substituents is 1. The van der Waals surface area contributed by atoms with Gasteiger partial charge in [0.05, 0.1) is 15.6 Å². The number of hydrogen-bond donors (Lipinski definition) is 1. The summed E-state index contributed by atoms with van der Waals surface area (Å²) in [7, 11) is 1.56. The van der Waals surface area contributed by atoms with E-state index in [9.17, 15) is 19.7 Å². The lowest BCUT2D eigenvalue weighted by Gasteiger charge is -2.18. The summed E-state index contributed by atoms with van der Waals surface area (Å²) < 4.78 is 5.47. The topological polar surface area (TPSA) is 102 Å². The number of amides is 2. The highest BCUT2D eigenvalue weighted by Crippen LogP contribution is 2.25. The van der Waals surface area contributed by atoms with E-state index in [2.05, 4.69) is 5.32 Å². The number of nitro groups is 1. The summed E-state index contributed by atoms with van der Waals surface area (Å²) in [5, 5.41) is 14.3. The summed E-state index contributed by atoms with van der Waals surface area (Å²) in [6.07, 6.45) is 0. The average Bonchev–Trinajstić information content (AvgIpc) is 2.79. The standard InChI is InChI=1S/C22H17Cl2N3O5/c1-26(22(29)14-3-2-4-17(11-14)27(30)31)16-6-8-18(9-7-16)32-13-21(28)25-20-10-5-15(23)12-19(20)24/h2-12H,13H2,1H3,(H,25,28). The molecule has 0 aromatic heterocycles. The van der Waals surface area contributed by atoms with Crippen molar-refractivity contribution in [2.24, 2.45) is 0 Å². The molecule has 0 aliphatic heterocycles. The number of hydrogen-bond acceptors (Lipinski definition) is 5. The summed E-state index contributed by atoms with van der Waals surface area (Å²) in [5.74, 6) is -0.389. The lowest BCUT2D eigenvalue weighted by atomic mass is 10.1. The number of anilines is 2. The quantitative estimate of drug-likeness (QED) is 0.375. The maximum Gasteiger partial charge on any atom is 0.270 e. The Morgan fingerprint density at radius 1 is 1.06 bits per heavy atom. The van der Waals surface area contributed by atoms with Crippen molar-refractivity contribution >= 4 is 52.1 Å². The van der Waals surface area contributed by atoms with Gasteiger partial charge in [0.1, 0.15) is 5.75 Å². The minimum Gasteiger partial charge on any atom is -0.484 e. The summed E-state index contributed by atoms with van der Waals surface area (Å²) in [4.78, 5) is 36.5. The molecule has 0 bridgehead atoms. The highest BCUT2D eigenvalue weighted by atomic mass is 35.5. The fourth-order valence-electron chi connectivity index (χ4n) is 2.76. The predicted octanol–water partition coefficient (Wildman–Crippen LogP) is 5.20. The summed E-state index contributed by atoms with van der Waals surface area (Å²) in [5.41, 5.74) is 0.998. The normalized spacial score (nSPS) is 10.3. The van der Waals surface area contributed by atoms with E-state index in [4.69, 9.17) is 27.9 Å². The Bertz CT molecular complexity index is 1170. The van der Waals surface area contributed by atoms with Crippen molar-refractivity contribution in [1.82, 2.24) is 0 Å². The second-order valence-electron chi connectivity index (χ2n) is 6.63. The smallest absolute Gasteiger partial charge is 0.270 e. The van der Waals surface area contributed by atoms with Crippen LogP contribution in [0.3, 0.4) is 0 Å². The zero-order valence-corrected chi connectivity index (χ0v) is 18.3. The number of carbonyl (C=O) groups excluding carboxylic acids is 2. The molecule has 0 spiro atoms. The Labute approximate surface area is 193 Å². The van der Waals surface area contributed by atoms with Gasteiger partial charge in [-0.05, 0) is 48.5 Å². The highest BCUT2D eigenvalue weighted by molar-refractivity contribution is 6.36. The van der Waals surface area contributed by atoms with Gasteiger partial charge in [0, 0.05) is 35.5 Å². The Morgan fingerprint density at radius 3 is 2.44 bits per heavy atom. The number of halogens is 2. The molecule has 8 nitrogen and oxygen atoms in total. The maximum absolute atomic E-state index is 12.6. The summed E-state index contributed by atoms with van der Waals surface area (Å²) in [6.45, 7) is -0.249. The van der Waals surface area contributed by atoms with Gasteiger partial charge in [-0.25, -0.2) is 0 Å². The van der Waals surface area contributed by atoms with Crippen molar-refractivity contribution in [3.05, 3.63) is 92.5 Å². The largest absolute Gasteiger partial charge is 0.484 e. The molecule has 3 aromatic carbocycles. The first-order valence-corrected chi connectivity index (χ1v) is 10.0. The second-order valence-corrected chi connectivity index (χ2v) is 7.47. The molecule has 0 saturated heterocycles. The molecule has 2 amide bonds. The average molecular weight is 474 g/mol. The summed E-state index contributed by atoms with van der Waals surface area (Å²) >= 11 is 11.9. The van der Waals surface area contributed by atoms with Crippen LogP contribution in [0, 0.1) is 10.1 Å². The van der Waals surface area contributed by atoms with E-state index in [0.29, 0.717) is 27.2 Å². The second kappa shape index (κ2) is 10.1. The Morgan fingerprint density at radius 2 is 1.78 bits per heavy atom. The number of nitrogens with one attached hydrogen (secondary N) is 1. The molecule has 164 valence electrons. The number of carbonyl (C=O) groups is 2. The van der Waals surface area contributed by atoms with Gasteiger partial charge in [-0.2, -0.15) is 0 Å². The van der Waals surface area contributed by atoms with Crippen LogP contribution in [0.1, 0.15) is 10.4 Å². The molecule has 3 rings (SSSR count). The van der Waals surface area contributed by atoms with Gasteiger partial charge in [0.25, 0.3) is 17.5 Å². The lowest BCUT2D eigenvalue weighted by molar-refractivity contribution is -0.384. The van der Waals surface area contributed by atoms with Gasteiger partial charge in [-0.1, -0.05) is 29.3 Å². The molecule has 32 heavy (non-hydrogen) atoms. The molecule has 0 aliphatic rings.